The van der Waals surface area contributed by atoms with E-state index in [0.717, 1.165) is 22.8 Å². The maximum Gasteiger partial charge on any atom is 0.258 e. The number of anilines is 1. The number of fused-ring (bicyclic) bond motifs is 1. The Balaban J connectivity index is 1.79. The molecule has 0 saturated heterocycles. The normalized spacial score (nSPS) is 13.0. The molecule has 2 aromatic rings. The highest BCUT2D eigenvalue weighted by Gasteiger charge is 2.25. The Morgan fingerprint density at radius 1 is 1.11 bits per heavy atom. The van der Waals surface area contributed by atoms with E-state index in [4.69, 9.17) is 9.47 Å². The maximum atomic E-state index is 13.0. The summed E-state index contributed by atoms with van der Waals surface area (Å²) in [5, 5.41) is 2.89. The molecular formula is C21H24N2O4S. The molecule has 7 heteroatoms. The third kappa shape index (κ3) is 4.66. The number of methoxy groups -OCH3 is 2. The Morgan fingerprint density at radius 2 is 1.86 bits per heavy atom. The zero-order valence-corrected chi connectivity index (χ0v) is 16.9. The summed E-state index contributed by atoms with van der Waals surface area (Å²) in [5.74, 6) is 1.30. The second-order valence-electron chi connectivity index (χ2n) is 6.32. The number of hydrogen-bond donors (Lipinski definition) is 1. The summed E-state index contributed by atoms with van der Waals surface area (Å²) in [6, 6.07) is 12.6. The summed E-state index contributed by atoms with van der Waals surface area (Å²) in [5.41, 5.74) is 1.92. The van der Waals surface area contributed by atoms with Gasteiger partial charge in [-0.2, -0.15) is 0 Å². The van der Waals surface area contributed by atoms with E-state index in [1.807, 2.05) is 6.07 Å². The molecule has 1 N–H and O–H groups in total. The zero-order chi connectivity index (χ0) is 19.9. The highest BCUT2D eigenvalue weighted by Crippen LogP contribution is 2.36. The van der Waals surface area contributed by atoms with Gasteiger partial charge in [0.2, 0.25) is 0 Å². The van der Waals surface area contributed by atoms with Gasteiger partial charge in [0.15, 0.2) is 0 Å². The molecule has 1 heterocycles. The van der Waals surface area contributed by atoms with Crippen molar-refractivity contribution < 1.29 is 19.1 Å². The minimum Gasteiger partial charge on any atom is -0.497 e. The van der Waals surface area contributed by atoms with Gasteiger partial charge >= 0.3 is 0 Å². The first-order chi connectivity index (χ1) is 13.6. The molecule has 3 rings (SSSR count). The van der Waals surface area contributed by atoms with Crippen LogP contribution in [0.1, 0.15) is 27.1 Å². The Hall–Kier alpha value is -2.51. The summed E-state index contributed by atoms with van der Waals surface area (Å²) in [6.07, 6.45) is 0.755. The molecule has 1 aliphatic heterocycles. The van der Waals surface area contributed by atoms with Crippen molar-refractivity contribution in [2.24, 2.45) is 0 Å². The van der Waals surface area contributed by atoms with Gasteiger partial charge < -0.3 is 19.7 Å². The molecule has 0 saturated carbocycles. The molecule has 0 fully saturated rings. The average Bonchev–Trinajstić information content (AvgIpc) is 2.75. The van der Waals surface area contributed by atoms with E-state index in [2.05, 4.69) is 5.32 Å². The van der Waals surface area contributed by atoms with Crippen molar-refractivity contribution in [3.05, 3.63) is 53.6 Å². The van der Waals surface area contributed by atoms with E-state index in [-0.39, 0.29) is 11.8 Å². The lowest BCUT2D eigenvalue weighted by Crippen LogP contribution is -2.35. The first-order valence-electron chi connectivity index (χ1n) is 9.14. The number of carbonyl (C=O) groups is 2. The van der Waals surface area contributed by atoms with Crippen molar-refractivity contribution in [1.82, 2.24) is 5.32 Å². The Bertz CT molecular complexity index is 839. The van der Waals surface area contributed by atoms with Crippen LogP contribution in [0.5, 0.6) is 5.75 Å². The summed E-state index contributed by atoms with van der Waals surface area (Å²) < 4.78 is 10.2. The fraction of sp³-hybridized carbons (Fsp3) is 0.333. The number of nitrogens with zero attached hydrogens (tertiary/aromatic N) is 1. The van der Waals surface area contributed by atoms with Gasteiger partial charge in [-0.15, -0.1) is 11.8 Å². The number of benzene rings is 2. The molecule has 148 valence electrons. The monoisotopic (exact) mass is 400 g/mol. The fourth-order valence-electron chi connectivity index (χ4n) is 2.98. The van der Waals surface area contributed by atoms with Gasteiger partial charge in [-0.1, -0.05) is 0 Å². The Labute approximate surface area is 169 Å². The topological polar surface area (TPSA) is 67.9 Å². The molecule has 2 amide bonds. The second-order valence-corrected chi connectivity index (χ2v) is 7.46. The number of rotatable bonds is 7. The fourth-order valence-corrected chi connectivity index (χ4v) is 3.95. The smallest absolute Gasteiger partial charge is 0.258 e. The lowest BCUT2D eigenvalue weighted by molar-refractivity contribution is 0.0945. The number of amides is 2. The average molecular weight is 401 g/mol. The van der Waals surface area contributed by atoms with Crippen LogP contribution in [0.25, 0.3) is 0 Å². The van der Waals surface area contributed by atoms with Crippen LogP contribution >= 0.6 is 11.8 Å². The van der Waals surface area contributed by atoms with Crippen molar-refractivity contribution in [2.45, 2.75) is 11.3 Å². The van der Waals surface area contributed by atoms with Crippen LogP contribution in [0, 0.1) is 0 Å². The summed E-state index contributed by atoms with van der Waals surface area (Å²) >= 11 is 1.69. The SMILES string of the molecule is COCCCNC(=O)c1ccc2c(c1)N(C(=O)c1ccc(OC)cc1)CCS2. The van der Waals surface area contributed by atoms with Crippen molar-refractivity contribution in [3.63, 3.8) is 0 Å². The molecule has 0 spiro atoms. The molecule has 0 aromatic heterocycles. The van der Waals surface area contributed by atoms with Crippen molar-refractivity contribution >= 4 is 29.3 Å². The minimum absolute atomic E-state index is 0.0816. The number of ether oxygens (including phenoxy) is 2. The van der Waals surface area contributed by atoms with E-state index in [9.17, 15) is 9.59 Å². The van der Waals surface area contributed by atoms with Gasteiger partial charge in [-0.05, 0) is 48.9 Å². The van der Waals surface area contributed by atoms with Gasteiger partial charge in [0.05, 0.1) is 12.8 Å². The highest BCUT2D eigenvalue weighted by molar-refractivity contribution is 7.99. The lowest BCUT2D eigenvalue weighted by Gasteiger charge is -2.29. The second kappa shape index (κ2) is 9.61. The van der Waals surface area contributed by atoms with Crippen LogP contribution < -0.4 is 15.0 Å². The Kier molecular flexibility index (Phi) is 6.95. The molecule has 6 nitrogen and oxygen atoms in total. The molecule has 0 unspecified atom stereocenters. The van der Waals surface area contributed by atoms with E-state index < -0.39 is 0 Å². The summed E-state index contributed by atoms with van der Waals surface area (Å²) in [4.78, 5) is 28.2. The first kappa shape index (κ1) is 20.2. The van der Waals surface area contributed by atoms with Crippen LogP contribution in [0.2, 0.25) is 0 Å². The van der Waals surface area contributed by atoms with E-state index >= 15 is 0 Å². The third-order valence-corrected chi connectivity index (χ3v) is 5.52. The van der Waals surface area contributed by atoms with Gasteiger partial charge in [0.1, 0.15) is 5.75 Å². The van der Waals surface area contributed by atoms with Crippen LogP contribution in [-0.4, -0.2) is 51.5 Å². The molecule has 0 bridgehead atoms. The van der Waals surface area contributed by atoms with Crippen LogP contribution in [0.3, 0.4) is 0 Å². The predicted octanol–water partition coefficient (Wildman–Crippen LogP) is 3.21. The van der Waals surface area contributed by atoms with Crippen molar-refractivity contribution in [2.75, 3.05) is 44.6 Å². The van der Waals surface area contributed by atoms with Crippen molar-refractivity contribution in [3.8, 4) is 5.75 Å². The van der Waals surface area contributed by atoms with E-state index in [0.29, 0.717) is 36.6 Å². The van der Waals surface area contributed by atoms with Crippen molar-refractivity contribution in [1.29, 1.82) is 0 Å². The summed E-state index contributed by atoms with van der Waals surface area (Å²) in [7, 11) is 3.23. The molecule has 0 atom stereocenters. The molecule has 0 radical (unpaired) electrons. The highest BCUT2D eigenvalue weighted by atomic mass is 32.2. The standard InChI is InChI=1S/C21H24N2O4S/c1-26-12-3-10-22-20(24)16-6-9-19-18(14-16)23(11-13-28-19)21(25)15-4-7-17(27-2)8-5-15/h4-9,14H,3,10-13H2,1-2H3,(H,22,24). The van der Waals surface area contributed by atoms with E-state index in [1.165, 1.54) is 0 Å². The van der Waals surface area contributed by atoms with E-state index in [1.54, 1.807) is 67.3 Å². The maximum absolute atomic E-state index is 13.0. The molecule has 1 aliphatic rings. The predicted molar refractivity (Wildman–Crippen MR) is 111 cm³/mol. The minimum atomic E-state index is -0.147. The van der Waals surface area contributed by atoms with Gasteiger partial charge in [0.25, 0.3) is 11.8 Å². The molecular weight excluding hydrogens is 376 g/mol. The quantitative estimate of drug-likeness (QED) is 0.723. The third-order valence-electron chi connectivity index (χ3n) is 4.48. The summed E-state index contributed by atoms with van der Waals surface area (Å²) in [6.45, 7) is 1.75. The number of nitrogens with one attached hydrogen (secondary N) is 1. The molecule has 0 aliphatic carbocycles. The number of carbonyl (C=O) groups excluding carboxylic acids is 2. The van der Waals surface area contributed by atoms with Gasteiger partial charge in [-0.25, -0.2) is 0 Å². The molecule has 28 heavy (non-hydrogen) atoms. The lowest BCUT2D eigenvalue weighted by atomic mass is 10.1. The first-order valence-corrected chi connectivity index (χ1v) is 10.1. The Morgan fingerprint density at radius 3 is 2.57 bits per heavy atom. The largest absolute Gasteiger partial charge is 0.497 e. The van der Waals surface area contributed by atoms with Crippen LogP contribution in [-0.2, 0) is 4.74 Å². The zero-order valence-electron chi connectivity index (χ0n) is 16.1. The number of thioether (sulfide) groups is 1. The molecule has 2 aromatic carbocycles. The number of hydrogen-bond acceptors (Lipinski definition) is 5. The van der Waals surface area contributed by atoms with Crippen LogP contribution in [0.4, 0.5) is 5.69 Å². The van der Waals surface area contributed by atoms with Crippen LogP contribution in [0.15, 0.2) is 47.4 Å². The van der Waals surface area contributed by atoms with Gasteiger partial charge in [0, 0.05) is 48.6 Å². The van der Waals surface area contributed by atoms with Gasteiger partial charge in [-0.3, -0.25) is 9.59 Å².